The number of hydrogen-bond acceptors (Lipinski definition) is 4. The first-order valence-electron chi connectivity index (χ1n) is 5.67. The van der Waals surface area contributed by atoms with Crippen LogP contribution < -0.4 is 0 Å². The summed E-state index contributed by atoms with van der Waals surface area (Å²) in [5.41, 5.74) is 1.16. The number of nitrogens with zero attached hydrogens (tertiary/aromatic N) is 2. The molecule has 6 nitrogen and oxygen atoms in total. The number of carboxylic acid groups (broad SMARTS) is 2. The van der Waals surface area contributed by atoms with Crippen molar-refractivity contribution in [1.29, 1.82) is 5.26 Å². The van der Waals surface area contributed by atoms with E-state index in [2.05, 4.69) is 0 Å². The first-order valence-corrected chi connectivity index (χ1v) is 5.67. The zero-order chi connectivity index (χ0) is 14.3. The molecular formula is C13H14N2O4. The molecule has 0 radical (unpaired) electrons. The molecule has 6 heteroatoms. The fourth-order valence-electron chi connectivity index (χ4n) is 1.67. The zero-order valence-electron chi connectivity index (χ0n) is 10.2. The third kappa shape index (κ3) is 5.19. The summed E-state index contributed by atoms with van der Waals surface area (Å²) < 4.78 is 0. The van der Waals surface area contributed by atoms with Gasteiger partial charge in [0.15, 0.2) is 0 Å². The summed E-state index contributed by atoms with van der Waals surface area (Å²) in [6, 6.07) is 8.88. The van der Waals surface area contributed by atoms with E-state index >= 15 is 0 Å². The molecule has 1 aromatic rings. The number of hydrogen-bond donors (Lipinski definition) is 2. The van der Waals surface area contributed by atoms with Gasteiger partial charge in [-0.05, 0) is 11.6 Å². The summed E-state index contributed by atoms with van der Waals surface area (Å²) in [5, 5.41) is 26.4. The summed E-state index contributed by atoms with van der Waals surface area (Å²) in [4.78, 5) is 22.8. The molecule has 0 heterocycles. The van der Waals surface area contributed by atoms with E-state index < -0.39 is 11.9 Å². The van der Waals surface area contributed by atoms with E-state index in [0.717, 1.165) is 0 Å². The van der Waals surface area contributed by atoms with E-state index in [9.17, 15) is 9.59 Å². The standard InChI is InChI=1S/C13H14N2O4/c14-7-10-3-1-2-4-11(10)8-15(9-13(18)19)6-5-12(16)17/h1-4H,5-6,8-9H2,(H,16,17)(H,18,19). The fourth-order valence-corrected chi connectivity index (χ4v) is 1.67. The number of benzene rings is 1. The lowest BCUT2D eigenvalue weighted by molar-refractivity contribution is -0.141. The monoisotopic (exact) mass is 262 g/mol. The van der Waals surface area contributed by atoms with Gasteiger partial charge in [0.05, 0.1) is 24.6 Å². The van der Waals surface area contributed by atoms with Gasteiger partial charge in [0.2, 0.25) is 0 Å². The molecule has 2 N–H and O–H groups in total. The average Bonchev–Trinajstić information content (AvgIpc) is 2.36. The van der Waals surface area contributed by atoms with Crippen LogP contribution in [-0.4, -0.2) is 40.1 Å². The predicted molar refractivity (Wildman–Crippen MR) is 66.3 cm³/mol. The van der Waals surface area contributed by atoms with E-state index in [1.807, 2.05) is 6.07 Å². The minimum Gasteiger partial charge on any atom is -0.481 e. The Morgan fingerprint density at radius 2 is 1.89 bits per heavy atom. The lowest BCUT2D eigenvalue weighted by atomic mass is 10.1. The maximum Gasteiger partial charge on any atom is 0.317 e. The quantitative estimate of drug-likeness (QED) is 0.757. The number of carboxylic acids is 2. The molecule has 0 bridgehead atoms. The number of nitriles is 1. The van der Waals surface area contributed by atoms with Gasteiger partial charge in [-0.25, -0.2) is 0 Å². The van der Waals surface area contributed by atoms with Gasteiger partial charge in [0, 0.05) is 13.1 Å². The van der Waals surface area contributed by atoms with Gasteiger partial charge in [0.1, 0.15) is 0 Å². The molecule has 0 spiro atoms. The van der Waals surface area contributed by atoms with E-state index in [1.54, 1.807) is 24.3 Å². The molecule has 1 aromatic carbocycles. The van der Waals surface area contributed by atoms with Crippen LogP contribution in [0.4, 0.5) is 0 Å². The normalized spacial score (nSPS) is 10.1. The van der Waals surface area contributed by atoms with E-state index in [4.69, 9.17) is 15.5 Å². The van der Waals surface area contributed by atoms with E-state index in [0.29, 0.717) is 11.1 Å². The summed E-state index contributed by atoms with van der Waals surface area (Å²) in [7, 11) is 0. The van der Waals surface area contributed by atoms with Crippen molar-refractivity contribution in [3.05, 3.63) is 35.4 Å². The van der Waals surface area contributed by atoms with Gasteiger partial charge >= 0.3 is 11.9 Å². The Morgan fingerprint density at radius 3 is 2.47 bits per heavy atom. The minimum absolute atomic E-state index is 0.126. The number of rotatable bonds is 7. The van der Waals surface area contributed by atoms with Crippen LogP contribution >= 0.6 is 0 Å². The summed E-state index contributed by atoms with van der Waals surface area (Å²) >= 11 is 0. The van der Waals surface area contributed by atoms with Crippen molar-refractivity contribution in [2.24, 2.45) is 0 Å². The second-order valence-corrected chi connectivity index (χ2v) is 4.02. The van der Waals surface area contributed by atoms with Crippen LogP contribution in [0.1, 0.15) is 17.5 Å². The van der Waals surface area contributed by atoms with Gasteiger partial charge in [-0.1, -0.05) is 18.2 Å². The van der Waals surface area contributed by atoms with Gasteiger partial charge < -0.3 is 10.2 Å². The van der Waals surface area contributed by atoms with Crippen LogP contribution in [-0.2, 0) is 16.1 Å². The van der Waals surface area contributed by atoms with Crippen LogP contribution in [0.2, 0.25) is 0 Å². The summed E-state index contributed by atoms with van der Waals surface area (Å²) in [5.74, 6) is -2.01. The lowest BCUT2D eigenvalue weighted by Gasteiger charge is -2.19. The first kappa shape index (κ1) is 14.7. The highest BCUT2D eigenvalue weighted by Crippen LogP contribution is 2.11. The molecule has 0 amide bonds. The fraction of sp³-hybridized carbons (Fsp3) is 0.308. The molecule has 0 saturated heterocycles. The second kappa shape index (κ2) is 7.13. The third-order valence-electron chi connectivity index (χ3n) is 2.53. The van der Waals surface area contributed by atoms with Gasteiger partial charge in [-0.3, -0.25) is 14.5 Å². The Hall–Kier alpha value is -2.39. The highest BCUT2D eigenvalue weighted by Gasteiger charge is 2.13. The Labute approximate surface area is 110 Å². The second-order valence-electron chi connectivity index (χ2n) is 4.02. The van der Waals surface area contributed by atoms with Gasteiger partial charge in [-0.2, -0.15) is 5.26 Å². The van der Waals surface area contributed by atoms with E-state index in [1.165, 1.54) is 4.90 Å². The average molecular weight is 262 g/mol. The van der Waals surface area contributed by atoms with Crippen molar-refractivity contribution in [2.45, 2.75) is 13.0 Å². The Bertz CT molecular complexity index is 508. The maximum absolute atomic E-state index is 10.7. The first-order chi connectivity index (χ1) is 9.02. The molecule has 0 unspecified atom stereocenters. The maximum atomic E-state index is 10.7. The van der Waals surface area contributed by atoms with Crippen molar-refractivity contribution >= 4 is 11.9 Å². The van der Waals surface area contributed by atoms with Crippen molar-refractivity contribution in [3.63, 3.8) is 0 Å². The zero-order valence-corrected chi connectivity index (χ0v) is 10.2. The van der Waals surface area contributed by atoms with Crippen molar-refractivity contribution < 1.29 is 19.8 Å². The predicted octanol–water partition coefficient (Wildman–Crippen LogP) is 0.920. The Kier molecular flexibility index (Phi) is 5.51. The lowest BCUT2D eigenvalue weighted by Crippen LogP contribution is -2.31. The molecule has 1 rings (SSSR count). The van der Waals surface area contributed by atoms with Crippen LogP contribution in [0, 0.1) is 11.3 Å². The minimum atomic E-state index is -1.03. The third-order valence-corrected chi connectivity index (χ3v) is 2.53. The molecule has 0 aliphatic heterocycles. The molecular weight excluding hydrogens is 248 g/mol. The highest BCUT2D eigenvalue weighted by atomic mass is 16.4. The molecule has 0 atom stereocenters. The SMILES string of the molecule is N#Cc1ccccc1CN(CCC(=O)O)CC(=O)O. The largest absolute Gasteiger partial charge is 0.481 e. The number of aliphatic carboxylic acids is 2. The summed E-state index contributed by atoms with van der Waals surface area (Å²) in [6.45, 7) is 0.109. The molecule has 0 aliphatic rings. The van der Waals surface area contributed by atoms with Crippen LogP contribution in [0.15, 0.2) is 24.3 Å². The Balaban J connectivity index is 2.78. The summed E-state index contributed by atoms with van der Waals surface area (Å²) in [6.07, 6.45) is -0.137. The molecule has 19 heavy (non-hydrogen) atoms. The van der Waals surface area contributed by atoms with Crippen molar-refractivity contribution in [1.82, 2.24) is 4.90 Å². The topological polar surface area (TPSA) is 102 Å². The molecule has 100 valence electrons. The molecule has 0 saturated carbocycles. The molecule has 0 fully saturated rings. The Morgan fingerprint density at radius 1 is 1.21 bits per heavy atom. The van der Waals surface area contributed by atoms with Gasteiger partial charge in [-0.15, -0.1) is 0 Å². The smallest absolute Gasteiger partial charge is 0.317 e. The van der Waals surface area contributed by atoms with Crippen LogP contribution in [0.5, 0.6) is 0 Å². The molecule has 0 aliphatic carbocycles. The molecule has 0 aromatic heterocycles. The van der Waals surface area contributed by atoms with Crippen LogP contribution in [0.3, 0.4) is 0 Å². The highest BCUT2D eigenvalue weighted by molar-refractivity contribution is 5.69. The van der Waals surface area contributed by atoms with Crippen molar-refractivity contribution in [2.75, 3.05) is 13.1 Å². The van der Waals surface area contributed by atoms with Crippen LogP contribution in [0.25, 0.3) is 0 Å². The van der Waals surface area contributed by atoms with Gasteiger partial charge in [0.25, 0.3) is 0 Å². The van der Waals surface area contributed by atoms with E-state index in [-0.39, 0.29) is 26.1 Å². The van der Waals surface area contributed by atoms with Crippen molar-refractivity contribution in [3.8, 4) is 6.07 Å². The number of carbonyl (C=O) groups is 2.